The summed E-state index contributed by atoms with van der Waals surface area (Å²) in [5.41, 5.74) is 3.17. The maximum atomic E-state index is 11.6. The van der Waals surface area contributed by atoms with E-state index < -0.39 is 5.91 Å². The fraction of sp³-hybridized carbons (Fsp3) is 0. The molecule has 0 aliphatic heterocycles. The first-order chi connectivity index (χ1) is 9.16. The minimum absolute atomic E-state index is 0.108. The molecule has 0 bridgehead atoms. The number of phenols is 1. The molecule has 1 amide bonds. The van der Waals surface area contributed by atoms with Crippen LogP contribution in [0.25, 0.3) is 0 Å². The molecule has 2 rings (SSSR count). The van der Waals surface area contributed by atoms with Crippen molar-refractivity contribution in [2.24, 2.45) is 5.10 Å². The van der Waals surface area contributed by atoms with E-state index in [1.807, 2.05) is 0 Å². The first-order valence-electron chi connectivity index (χ1n) is 5.40. The number of nitrogens with zero attached hydrogens (tertiary/aromatic N) is 2. The molecular formula is C13H10IN3O2. The number of halogens is 1. The number of pyridine rings is 1. The van der Waals surface area contributed by atoms with E-state index in [9.17, 15) is 9.90 Å². The van der Waals surface area contributed by atoms with Crippen molar-refractivity contribution in [3.8, 4) is 5.75 Å². The number of aromatic hydroxyl groups is 1. The average Bonchev–Trinajstić information content (AvgIpc) is 2.43. The molecule has 5 nitrogen and oxygen atoms in total. The maximum absolute atomic E-state index is 11.6. The van der Waals surface area contributed by atoms with Gasteiger partial charge in [0.25, 0.3) is 5.91 Å². The van der Waals surface area contributed by atoms with Gasteiger partial charge in [-0.25, -0.2) is 5.43 Å². The summed E-state index contributed by atoms with van der Waals surface area (Å²) in [7, 11) is 0. The van der Waals surface area contributed by atoms with Crippen LogP contribution in [0.2, 0.25) is 0 Å². The number of carbonyl (C=O) groups excluding carboxylic acids is 1. The van der Waals surface area contributed by atoms with E-state index in [2.05, 4.69) is 38.1 Å². The minimum Gasteiger partial charge on any atom is -0.507 e. The third-order valence-corrected chi connectivity index (χ3v) is 2.93. The van der Waals surface area contributed by atoms with E-state index in [1.165, 1.54) is 12.4 Å². The molecule has 0 aliphatic carbocycles. The Kier molecular flexibility index (Phi) is 4.45. The van der Waals surface area contributed by atoms with E-state index >= 15 is 0 Å². The molecule has 0 unspecified atom stereocenters. The molecule has 0 radical (unpaired) electrons. The van der Waals surface area contributed by atoms with Gasteiger partial charge in [0.15, 0.2) is 0 Å². The zero-order valence-electron chi connectivity index (χ0n) is 9.75. The molecule has 0 spiro atoms. The van der Waals surface area contributed by atoms with Crippen molar-refractivity contribution in [3.05, 3.63) is 57.4 Å². The van der Waals surface area contributed by atoms with Crippen molar-refractivity contribution in [2.75, 3.05) is 0 Å². The second kappa shape index (κ2) is 6.28. The molecule has 0 aliphatic rings. The number of amides is 1. The number of nitrogens with one attached hydrogen (secondary N) is 1. The van der Waals surface area contributed by atoms with Gasteiger partial charge >= 0.3 is 0 Å². The van der Waals surface area contributed by atoms with Gasteiger partial charge in [0.1, 0.15) is 11.4 Å². The van der Waals surface area contributed by atoms with E-state index in [4.69, 9.17) is 0 Å². The predicted octanol–water partition coefficient (Wildman–Crippen LogP) is 2.16. The van der Waals surface area contributed by atoms with Crippen molar-refractivity contribution in [1.29, 1.82) is 0 Å². The maximum Gasteiger partial charge on any atom is 0.289 e. The lowest BCUT2D eigenvalue weighted by molar-refractivity contribution is 0.0950. The third kappa shape index (κ3) is 3.75. The van der Waals surface area contributed by atoms with Gasteiger partial charge in [0.2, 0.25) is 0 Å². The molecule has 2 N–H and O–H groups in total. The zero-order valence-corrected chi connectivity index (χ0v) is 11.9. The highest BCUT2D eigenvalue weighted by atomic mass is 127. The molecule has 2 aromatic rings. The highest BCUT2D eigenvalue weighted by Crippen LogP contribution is 2.17. The number of phenolic OH excluding ortho intramolecular Hbond substituents is 1. The Labute approximate surface area is 123 Å². The molecular weight excluding hydrogens is 357 g/mol. The van der Waals surface area contributed by atoms with Gasteiger partial charge in [-0.1, -0.05) is 6.07 Å². The Hall–Kier alpha value is -1.96. The quantitative estimate of drug-likeness (QED) is 0.496. The van der Waals surface area contributed by atoms with Crippen molar-refractivity contribution >= 4 is 34.7 Å². The summed E-state index contributed by atoms with van der Waals surface area (Å²) in [5, 5.41) is 13.4. The standard InChI is InChI=1S/C13H10IN3O2/c14-10-4-5-12(18)9(7-10)8-16-17-13(19)11-3-1-2-6-15-11/h1-8,18H,(H,17,19). The van der Waals surface area contributed by atoms with Crippen LogP contribution in [0.4, 0.5) is 0 Å². The Morgan fingerprint density at radius 3 is 2.95 bits per heavy atom. The lowest BCUT2D eigenvalue weighted by atomic mass is 10.2. The molecule has 0 fully saturated rings. The molecule has 0 atom stereocenters. The molecule has 1 heterocycles. The summed E-state index contributed by atoms with van der Waals surface area (Å²) in [6.07, 6.45) is 2.92. The molecule has 96 valence electrons. The normalized spacial score (nSPS) is 10.6. The van der Waals surface area contributed by atoms with Crippen LogP contribution >= 0.6 is 22.6 Å². The molecule has 0 saturated heterocycles. The molecule has 0 saturated carbocycles. The highest BCUT2D eigenvalue weighted by Gasteiger charge is 2.04. The predicted molar refractivity (Wildman–Crippen MR) is 80.1 cm³/mol. The summed E-state index contributed by atoms with van der Waals surface area (Å²) < 4.78 is 0.966. The third-order valence-electron chi connectivity index (χ3n) is 2.26. The Balaban J connectivity index is 2.04. The van der Waals surface area contributed by atoms with Crippen LogP contribution in [-0.4, -0.2) is 22.2 Å². The Morgan fingerprint density at radius 1 is 1.37 bits per heavy atom. The summed E-state index contributed by atoms with van der Waals surface area (Å²) in [6.45, 7) is 0. The summed E-state index contributed by atoms with van der Waals surface area (Å²) in [5.74, 6) is -0.293. The smallest absolute Gasteiger partial charge is 0.289 e. The molecule has 1 aromatic carbocycles. The molecule has 19 heavy (non-hydrogen) atoms. The number of aromatic nitrogens is 1. The van der Waals surface area contributed by atoms with Crippen LogP contribution in [0.5, 0.6) is 5.75 Å². The first kappa shape index (κ1) is 13.5. The van der Waals surface area contributed by atoms with E-state index in [0.717, 1.165) is 3.57 Å². The number of hydrogen-bond donors (Lipinski definition) is 2. The SMILES string of the molecule is O=C(NN=Cc1cc(I)ccc1O)c1ccccn1. The fourth-order valence-electron chi connectivity index (χ4n) is 1.34. The number of rotatable bonds is 3. The van der Waals surface area contributed by atoms with Crippen LogP contribution in [0.3, 0.4) is 0 Å². The van der Waals surface area contributed by atoms with Gasteiger partial charge < -0.3 is 5.11 Å². The fourth-order valence-corrected chi connectivity index (χ4v) is 1.86. The van der Waals surface area contributed by atoms with Crippen LogP contribution in [-0.2, 0) is 0 Å². The van der Waals surface area contributed by atoms with Crippen LogP contribution in [0.15, 0.2) is 47.7 Å². The van der Waals surface area contributed by atoms with Gasteiger partial charge in [-0.3, -0.25) is 9.78 Å². The van der Waals surface area contributed by atoms with Gasteiger partial charge in [-0.15, -0.1) is 0 Å². The monoisotopic (exact) mass is 367 g/mol. The largest absolute Gasteiger partial charge is 0.507 e. The van der Waals surface area contributed by atoms with Gasteiger partial charge in [0.05, 0.1) is 6.21 Å². The second-order valence-corrected chi connectivity index (χ2v) is 4.86. The van der Waals surface area contributed by atoms with Gasteiger partial charge in [-0.2, -0.15) is 5.10 Å². The minimum atomic E-state index is -0.401. The van der Waals surface area contributed by atoms with Crippen molar-refractivity contribution < 1.29 is 9.90 Å². The lowest BCUT2D eigenvalue weighted by Gasteiger charge is -2.00. The summed E-state index contributed by atoms with van der Waals surface area (Å²) in [6, 6.07) is 10.1. The van der Waals surface area contributed by atoms with E-state index in [1.54, 1.807) is 36.4 Å². The number of benzene rings is 1. The summed E-state index contributed by atoms with van der Waals surface area (Å²) in [4.78, 5) is 15.5. The van der Waals surface area contributed by atoms with Crippen molar-refractivity contribution in [2.45, 2.75) is 0 Å². The Morgan fingerprint density at radius 2 is 2.21 bits per heavy atom. The number of carbonyl (C=O) groups is 1. The average molecular weight is 367 g/mol. The Bertz CT molecular complexity index is 615. The first-order valence-corrected chi connectivity index (χ1v) is 6.47. The zero-order chi connectivity index (χ0) is 13.7. The lowest BCUT2D eigenvalue weighted by Crippen LogP contribution is -2.18. The number of hydrazone groups is 1. The topological polar surface area (TPSA) is 74.6 Å². The van der Waals surface area contributed by atoms with E-state index in [0.29, 0.717) is 5.56 Å². The highest BCUT2D eigenvalue weighted by molar-refractivity contribution is 14.1. The summed E-state index contributed by atoms with van der Waals surface area (Å²) >= 11 is 2.13. The van der Waals surface area contributed by atoms with Crippen LogP contribution < -0.4 is 5.43 Å². The van der Waals surface area contributed by atoms with Gasteiger partial charge in [-0.05, 0) is 52.9 Å². The van der Waals surface area contributed by atoms with Crippen molar-refractivity contribution in [3.63, 3.8) is 0 Å². The molecule has 6 heteroatoms. The molecule has 1 aromatic heterocycles. The van der Waals surface area contributed by atoms with Crippen molar-refractivity contribution in [1.82, 2.24) is 10.4 Å². The van der Waals surface area contributed by atoms with Crippen LogP contribution in [0, 0.1) is 3.57 Å². The van der Waals surface area contributed by atoms with E-state index in [-0.39, 0.29) is 11.4 Å². The van der Waals surface area contributed by atoms with Crippen LogP contribution in [0.1, 0.15) is 16.1 Å². The van der Waals surface area contributed by atoms with Gasteiger partial charge in [0, 0.05) is 15.3 Å². The number of hydrogen-bond acceptors (Lipinski definition) is 4. The second-order valence-electron chi connectivity index (χ2n) is 3.62.